The zero-order valence-corrected chi connectivity index (χ0v) is 16.5. The second-order valence-electron chi connectivity index (χ2n) is 7.10. The topological polar surface area (TPSA) is 42.9 Å². The molecule has 0 saturated carbocycles. The number of benzene rings is 1. The first-order chi connectivity index (χ1) is 12.6. The molecule has 0 radical (unpaired) electrons. The zero-order valence-electron chi connectivity index (χ0n) is 16.5. The molecule has 0 aliphatic carbocycles. The number of guanidine groups is 1. The van der Waals surface area contributed by atoms with Gasteiger partial charge in [0.2, 0.25) is 0 Å². The molecule has 1 aliphatic heterocycles. The Kier molecular flexibility index (Phi) is 8.85. The summed E-state index contributed by atoms with van der Waals surface area (Å²) >= 11 is 0. The molecule has 5 nitrogen and oxygen atoms in total. The van der Waals surface area contributed by atoms with Crippen LogP contribution in [-0.2, 0) is 6.42 Å². The van der Waals surface area contributed by atoms with Gasteiger partial charge in [0.15, 0.2) is 5.96 Å². The minimum Gasteiger partial charge on any atom is -0.356 e. The van der Waals surface area contributed by atoms with Gasteiger partial charge in [-0.2, -0.15) is 0 Å². The molecular formula is C20H34FN5. The summed E-state index contributed by atoms with van der Waals surface area (Å²) in [4.78, 5) is 9.21. The molecular weight excluding hydrogens is 329 g/mol. The molecule has 26 heavy (non-hydrogen) atoms. The van der Waals surface area contributed by atoms with Crippen LogP contribution in [0.4, 0.5) is 4.39 Å². The van der Waals surface area contributed by atoms with Gasteiger partial charge in [0.25, 0.3) is 0 Å². The standard InChI is InChI=1S/C20H34FN5/c1-17-16-19(21)7-6-18(17)8-10-24-20(22-2)23-9-4-5-11-26-14-12-25(3)13-15-26/h6-7,16H,4-5,8-15H2,1-3H3,(H2,22,23,24). The maximum atomic E-state index is 13.1. The Hall–Kier alpha value is -1.66. The Morgan fingerprint density at radius 3 is 2.54 bits per heavy atom. The molecule has 6 heteroatoms. The van der Waals surface area contributed by atoms with Crippen LogP contribution in [0.1, 0.15) is 24.0 Å². The highest BCUT2D eigenvalue weighted by molar-refractivity contribution is 5.79. The van der Waals surface area contributed by atoms with Crippen molar-refractivity contribution in [2.24, 2.45) is 4.99 Å². The lowest BCUT2D eigenvalue weighted by Crippen LogP contribution is -2.44. The number of aliphatic imine (C=N–C) groups is 1. The molecule has 1 aliphatic rings. The van der Waals surface area contributed by atoms with Crippen LogP contribution >= 0.6 is 0 Å². The lowest BCUT2D eigenvalue weighted by atomic mass is 10.1. The van der Waals surface area contributed by atoms with E-state index in [-0.39, 0.29) is 5.82 Å². The maximum Gasteiger partial charge on any atom is 0.190 e. The molecule has 2 rings (SSSR count). The Bertz CT molecular complexity index is 567. The van der Waals surface area contributed by atoms with Crippen molar-refractivity contribution in [1.82, 2.24) is 20.4 Å². The fraction of sp³-hybridized carbons (Fsp3) is 0.650. The summed E-state index contributed by atoms with van der Waals surface area (Å²) in [5, 5.41) is 6.71. The highest BCUT2D eigenvalue weighted by atomic mass is 19.1. The molecule has 0 unspecified atom stereocenters. The minimum absolute atomic E-state index is 0.173. The highest BCUT2D eigenvalue weighted by Crippen LogP contribution is 2.10. The molecule has 2 N–H and O–H groups in total. The van der Waals surface area contributed by atoms with E-state index in [1.54, 1.807) is 13.1 Å². The molecule has 1 heterocycles. The van der Waals surface area contributed by atoms with Crippen LogP contribution in [-0.4, -0.2) is 75.7 Å². The van der Waals surface area contributed by atoms with Gasteiger partial charge in [-0.25, -0.2) is 4.39 Å². The highest BCUT2D eigenvalue weighted by Gasteiger charge is 2.12. The zero-order chi connectivity index (χ0) is 18.8. The van der Waals surface area contributed by atoms with E-state index in [1.165, 1.54) is 50.8 Å². The fourth-order valence-corrected chi connectivity index (χ4v) is 3.21. The number of nitrogens with zero attached hydrogens (tertiary/aromatic N) is 3. The van der Waals surface area contributed by atoms with Crippen LogP contribution in [0.3, 0.4) is 0 Å². The number of aryl methyl sites for hydroxylation is 1. The predicted molar refractivity (Wildman–Crippen MR) is 107 cm³/mol. The van der Waals surface area contributed by atoms with Crippen molar-refractivity contribution in [3.05, 3.63) is 35.1 Å². The normalized spacial score (nSPS) is 16.7. The van der Waals surface area contributed by atoms with Crippen LogP contribution in [0.5, 0.6) is 0 Å². The van der Waals surface area contributed by atoms with E-state index in [2.05, 4.69) is 32.5 Å². The number of halogens is 1. The number of hydrogen-bond acceptors (Lipinski definition) is 3. The number of hydrogen-bond donors (Lipinski definition) is 2. The van der Waals surface area contributed by atoms with Gasteiger partial charge in [-0.1, -0.05) is 6.07 Å². The molecule has 0 atom stereocenters. The first-order valence-electron chi connectivity index (χ1n) is 9.69. The van der Waals surface area contributed by atoms with Crippen LogP contribution in [0, 0.1) is 12.7 Å². The fourth-order valence-electron chi connectivity index (χ4n) is 3.21. The first kappa shape index (κ1) is 20.6. The summed E-state index contributed by atoms with van der Waals surface area (Å²) in [5.74, 6) is 0.664. The monoisotopic (exact) mass is 363 g/mol. The van der Waals surface area contributed by atoms with Crippen molar-refractivity contribution in [2.45, 2.75) is 26.2 Å². The van der Waals surface area contributed by atoms with Crippen molar-refractivity contribution >= 4 is 5.96 Å². The van der Waals surface area contributed by atoms with Crippen molar-refractivity contribution < 1.29 is 4.39 Å². The number of piperazine rings is 1. The van der Waals surface area contributed by atoms with E-state index in [1.807, 2.05) is 13.0 Å². The minimum atomic E-state index is -0.173. The van der Waals surface area contributed by atoms with E-state index in [9.17, 15) is 4.39 Å². The molecule has 0 aromatic heterocycles. The molecule has 0 spiro atoms. The largest absolute Gasteiger partial charge is 0.356 e. The summed E-state index contributed by atoms with van der Waals surface area (Å²) < 4.78 is 13.1. The average Bonchev–Trinajstić information content (AvgIpc) is 2.63. The average molecular weight is 364 g/mol. The van der Waals surface area contributed by atoms with Gasteiger partial charge in [0.1, 0.15) is 5.82 Å². The Labute approximate surface area is 157 Å². The van der Waals surface area contributed by atoms with Crippen molar-refractivity contribution in [1.29, 1.82) is 0 Å². The van der Waals surface area contributed by atoms with E-state index >= 15 is 0 Å². The third-order valence-corrected chi connectivity index (χ3v) is 5.00. The van der Waals surface area contributed by atoms with Crippen LogP contribution < -0.4 is 10.6 Å². The summed E-state index contributed by atoms with van der Waals surface area (Å²) in [5.41, 5.74) is 2.17. The molecule has 146 valence electrons. The molecule has 1 fully saturated rings. The summed E-state index contributed by atoms with van der Waals surface area (Å²) in [7, 11) is 3.99. The van der Waals surface area contributed by atoms with Crippen LogP contribution in [0.25, 0.3) is 0 Å². The first-order valence-corrected chi connectivity index (χ1v) is 9.69. The lowest BCUT2D eigenvalue weighted by molar-refractivity contribution is 0.152. The van der Waals surface area contributed by atoms with E-state index in [4.69, 9.17) is 0 Å². The third-order valence-electron chi connectivity index (χ3n) is 5.00. The quantitative estimate of drug-likeness (QED) is 0.420. The third kappa shape index (κ3) is 7.30. The Balaban J connectivity index is 1.56. The van der Waals surface area contributed by atoms with Crippen LogP contribution in [0.15, 0.2) is 23.2 Å². The van der Waals surface area contributed by atoms with Crippen LogP contribution in [0.2, 0.25) is 0 Å². The summed E-state index contributed by atoms with van der Waals surface area (Å²) in [6.45, 7) is 9.60. The number of nitrogens with one attached hydrogen (secondary N) is 2. The van der Waals surface area contributed by atoms with Crippen molar-refractivity contribution in [3.63, 3.8) is 0 Å². The van der Waals surface area contributed by atoms with Gasteiger partial charge in [0.05, 0.1) is 0 Å². The Morgan fingerprint density at radius 2 is 1.85 bits per heavy atom. The van der Waals surface area contributed by atoms with Gasteiger partial charge in [-0.3, -0.25) is 4.99 Å². The van der Waals surface area contributed by atoms with Gasteiger partial charge in [0, 0.05) is 46.3 Å². The maximum absolute atomic E-state index is 13.1. The summed E-state index contributed by atoms with van der Waals surface area (Å²) in [6.07, 6.45) is 3.21. The van der Waals surface area contributed by atoms with Crippen molar-refractivity contribution in [2.75, 3.05) is 59.9 Å². The molecule has 0 bridgehead atoms. The van der Waals surface area contributed by atoms with E-state index in [0.717, 1.165) is 37.5 Å². The van der Waals surface area contributed by atoms with Gasteiger partial charge in [-0.15, -0.1) is 0 Å². The second kappa shape index (κ2) is 11.1. The van der Waals surface area contributed by atoms with Gasteiger partial charge in [-0.05, 0) is 63.0 Å². The Morgan fingerprint density at radius 1 is 1.12 bits per heavy atom. The van der Waals surface area contributed by atoms with E-state index in [0.29, 0.717) is 0 Å². The summed E-state index contributed by atoms with van der Waals surface area (Å²) in [6, 6.07) is 4.97. The van der Waals surface area contributed by atoms with E-state index < -0.39 is 0 Å². The van der Waals surface area contributed by atoms with Gasteiger partial charge >= 0.3 is 0 Å². The number of likely N-dealkylation sites (N-methyl/N-ethyl adjacent to an activating group) is 1. The number of unbranched alkanes of at least 4 members (excludes halogenated alkanes) is 1. The smallest absolute Gasteiger partial charge is 0.190 e. The molecule has 1 aromatic carbocycles. The molecule has 1 saturated heterocycles. The molecule has 0 amide bonds. The second-order valence-corrected chi connectivity index (χ2v) is 7.10. The SMILES string of the molecule is CN=C(NCCCCN1CCN(C)CC1)NCCc1ccc(F)cc1C. The number of rotatable bonds is 8. The molecule has 1 aromatic rings. The lowest BCUT2D eigenvalue weighted by Gasteiger charge is -2.32. The van der Waals surface area contributed by atoms with Gasteiger partial charge < -0.3 is 20.4 Å². The van der Waals surface area contributed by atoms with Crippen molar-refractivity contribution in [3.8, 4) is 0 Å². The predicted octanol–water partition coefficient (Wildman–Crippen LogP) is 1.87.